The second-order valence-corrected chi connectivity index (χ2v) is 6.59. The van der Waals surface area contributed by atoms with Crippen molar-refractivity contribution in [3.8, 4) is 10.6 Å². The molecule has 2 rings (SSSR count). The Bertz CT molecular complexity index is 598. The van der Waals surface area contributed by atoms with Gasteiger partial charge in [-0.1, -0.05) is 12.1 Å². The molecule has 114 valence electrons. The molecule has 0 spiro atoms. The summed E-state index contributed by atoms with van der Waals surface area (Å²) in [4.78, 5) is 6.64. The van der Waals surface area contributed by atoms with Crippen LogP contribution in [0.5, 0.6) is 0 Å². The summed E-state index contributed by atoms with van der Waals surface area (Å²) in [6, 6.07) is 6.42. The molecule has 1 aromatic carbocycles. The van der Waals surface area contributed by atoms with E-state index in [9.17, 15) is 5.11 Å². The van der Waals surface area contributed by atoms with E-state index in [1.54, 1.807) is 11.3 Å². The highest BCUT2D eigenvalue weighted by atomic mass is 35.5. The van der Waals surface area contributed by atoms with Crippen molar-refractivity contribution in [2.24, 2.45) is 0 Å². The number of halogens is 1. The van der Waals surface area contributed by atoms with Gasteiger partial charge in [0, 0.05) is 24.0 Å². The number of aromatic nitrogens is 1. The number of aliphatic hydroxyl groups excluding tert-OH is 1. The lowest BCUT2D eigenvalue weighted by atomic mass is 10.0. The van der Waals surface area contributed by atoms with E-state index in [1.807, 2.05) is 19.4 Å². The number of aryl methyl sites for hydroxylation is 1. The minimum Gasteiger partial charge on any atom is -0.392 e. The predicted molar refractivity (Wildman–Crippen MR) is 89.9 cm³/mol. The Kier molecular flexibility index (Phi) is 5.76. The van der Waals surface area contributed by atoms with Crippen molar-refractivity contribution in [3.63, 3.8) is 0 Å². The van der Waals surface area contributed by atoms with Crippen LogP contribution < -0.4 is 0 Å². The van der Waals surface area contributed by atoms with Gasteiger partial charge in [-0.25, -0.2) is 4.98 Å². The molecule has 0 aliphatic carbocycles. The third-order valence-electron chi connectivity index (χ3n) is 3.29. The van der Waals surface area contributed by atoms with Gasteiger partial charge < -0.3 is 5.11 Å². The average molecular weight is 325 g/mol. The zero-order valence-electron chi connectivity index (χ0n) is 12.6. The molecular weight excluding hydrogens is 304 g/mol. The van der Waals surface area contributed by atoms with E-state index >= 15 is 0 Å². The second kappa shape index (κ2) is 7.36. The van der Waals surface area contributed by atoms with Crippen LogP contribution in [-0.4, -0.2) is 34.7 Å². The Morgan fingerprint density at radius 3 is 2.76 bits per heavy atom. The third kappa shape index (κ3) is 4.51. The third-order valence-corrected chi connectivity index (χ3v) is 4.51. The molecule has 1 aromatic heterocycles. The van der Waals surface area contributed by atoms with Crippen molar-refractivity contribution in [3.05, 3.63) is 40.4 Å². The summed E-state index contributed by atoms with van der Waals surface area (Å²) in [5, 5.41) is 12.4. The van der Waals surface area contributed by atoms with Gasteiger partial charge in [-0.3, -0.25) is 4.90 Å². The van der Waals surface area contributed by atoms with Gasteiger partial charge in [0.15, 0.2) is 0 Å². The van der Waals surface area contributed by atoms with Gasteiger partial charge in [0.2, 0.25) is 0 Å². The molecule has 1 heterocycles. The van der Waals surface area contributed by atoms with Crippen LogP contribution in [0.3, 0.4) is 0 Å². The Labute approximate surface area is 135 Å². The van der Waals surface area contributed by atoms with Gasteiger partial charge in [0.1, 0.15) is 5.01 Å². The summed E-state index contributed by atoms with van der Waals surface area (Å²) in [5.41, 5.74) is 4.58. The van der Waals surface area contributed by atoms with Crippen molar-refractivity contribution >= 4 is 22.9 Å². The molecule has 0 radical (unpaired) electrons. The SMILES string of the molecule is Cc1cc(-c2nc(CCl)cs2)ccc1CN(C)CC(C)O. The fourth-order valence-corrected chi connectivity index (χ4v) is 3.36. The van der Waals surface area contributed by atoms with Gasteiger partial charge in [-0.05, 0) is 38.1 Å². The first kappa shape index (κ1) is 16.4. The highest BCUT2D eigenvalue weighted by Gasteiger charge is 2.09. The first-order valence-electron chi connectivity index (χ1n) is 6.96. The molecule has 0 aliphatic heterocycles. The quantitative estimate of drug-likeness (QED) is 0.824. The van der Waals surface area contributed by atoms with E-state index in [2.05, 4.69) is 35.0 Å². The summed E-state index contributed by atoms with van der Waals surface area (Å²) in [5.74, 6) is 0.456. The van der Waals surface area contributed by atoms with E-state index in [1.165, 1.54) is 11.1 Å². The average Bonchev–Trinajstić information content (AvgIpc) is 2.89. The van der Waals surface area contributed by atoms with Crippen LogP contribution in [-0.2, 0) is 12.4 Å². The number of aliphatic hydroxyl groups is 1. The normalized spacial score (nSPS) is 12.9. The summed E-state index contributed by atoms with van der Waals surface area (Å²) in [6.45, 7) is 5.43. The van der Waals surface area contributed by atoms with Gasteiger partial charge >= 0.3 is 0 Å². The first-order chi connectivity index (χ1) is 9.99. The maximum Gasteiger partial charge on any atom is 0.123 e. The number of rotatable bonds is 6. The van der Waals surface area contributed by atoms with Crippen molar-refractivity contribution in [2.75, 3.05) is 13.6 Å². The van der Waals surface area contributed by atoms with Crippen molar-refractivity contribution < 1.29 is 5.11 Å². The Balaban J connectivity index is 2.13. The Morgan fingerprint density at radius 1 is 1.43 bits per heavy atom. The lowest BCUT2D eigenvalue weighted by Gasteiger charge is -2.19. The molecule has 0 saturated heterocycles. The van der Waals surface area contributed by atoms with Gasteiger partial charge in [0.25, 0.3) is 0 Å². The molecule has 0 fully saturated rings. The van der Waals surface area contributed by atoms with Crippen LogP contribution in [0.15, 0.2) is 23.6 Å². The smallest absolute Gasteiger partial charge is 0.123 e. The van der Waals surface area contributed by atoms with Gasteiger partial charge in [-0.2, -0.15) is 0 Å². The summed E-state index contributed by atoms with van der Waals surface area (Å²) >= 11 is 7.43. The van der Waals surface area contributed by atoms with Crippen molar-refractivity contribution in [1.29, 1.82) is 0 Å². The van der Waals surface area contributed by atoms with Crippen LogP contribution in [0.25, 0.3) is 10.6 Å². The van der Waals surface area contributed by atoms with E-state index in [-0.39, 0.29) is 6.10 Å². The monoisotopic (exact) mass is 324 g/mol. The molecule has 21 heavy (non-hydrogen) atoms. The fourth-order valence-electron chi connectivity index (χ4n) is 2.31. The maximum absolute atomic E-state index is 9.43. The molecule has 1 unspecified atom stereocenters. The summed E-state index contributed by atoms with van der Waals surface area (Å²) in [6.07, 6.45) is -0.307. The van der Waals surface area contributed by atoms with E-state index < -0.39 is 0 Å². The maximum atomic E-state index is 9.43. The van der Waals surface area contributed by atoms with Crippen LogP contribution in [0.2, 0.25) is 0 Å². The molecule has 3 nitrogen and oxygen atoms in total. The van der Waals surface area contributed by atoms with E-state index in [0.717, 1.165) is 22.8 Å². The molecule has 0 aliphatic rings. The number of hydrogen-bond donors (Lipinski definition) is 1. The number of thiazole rings is 1. The molecule has 5 heteroatoms. The zero-order valence-corrected chi connectivity index (χ0v) is 14.2. The highest BCUT2D eigenvalue weighted by molar-refractivity contribution is 7.13. The Morgan fingerprint density at radius 2 is 2.19 bits per heavy atom. The van der Waals surface area contributed by atoms with Gasteiger partial charge in [-0.15, -0.1) is 22.9 Å². The number of benzene rings is 1. The fraction of sp³-hybridized carbons (Fsp3) is 0.438. The molecule has 1 N–H and O–H groups in total. The molecule has 0 amide bonds. The van der Waals surface area contributed by atoms with Crippen molar-refractivity contribution in [1.82, 2.24) is 9.88 Å². The zero-order chi connectivity index (χ0) is 15.4. The largest absolute Gasteiger partial charge is 0.392 e. The number of hydrogen-bond acceptors (Lipinski definition) is 4. The number of likely N-dealkylation sites (N-methyl/N-ethyl adjacent to an activating group) is 1. The standard InChI is InChI=1S/C16H21ClN2OS/c1-11-6-13(16-18-15(7-17)10-21-16)4-5-14(11)9-19(3)8-12(2)20/h4-6,10,12,20H,7-9H2,1-3H3. The number of nitrogens with zero attached hydrogens (tertiary/aromatic N) is 2. The molecule has 1 atom stereocenters. The molecule has 0 bridgehead atoms. The molecule has 0 saturated carbocycles. The van der Waals surface area contributed by atoms with Crippen LogP contribution >= 0.6 is 22.9 Å². The Hall–Kier alpha value is -0.940. The van der Waals surface area contributed by atoms with E-state index in [4.69, 9.17) is 11.6 Å². The highest BCUT2D eigenvalue weighted by Crippen LogP contribution is 2.26. The first-order valence-corrected chi connectivity index (χ1v) is 8.38. The second-order valence-electron chi connectivity index (χ2n) is 5.46. The topological polar surface area (TPSA) is 36.4 Å². The molecule has 2 aromatic rings. The van der Waals surface area contributed by atoms with Crippen LogP contribution in [0.1, 0.15) is 23.7 Å². The van der Waals surface area contributed by atoms with Crippen LogP contribution in [0.4, 0.5) is 0 Å². The summed E-state index contributed by atoms with van der Waals surface area (Å²) in [7, 11) is 2.02. The minimum absolute atomic E-state index is 0.307. The van der Waals surface area contributed by atoms with E-state index in [0.29, 0.717) is 12.4 Å². The number of alkyl halides is 1. The molecular formula is C16H21ClN2OS. The lowest BCUT2D eigenvalue weighted by Crippen LogP contribution is -2.27. The minimum atomic E-state index is -0.307. The van der Waals surface area contributed by atoms with Crippen LogP contribution in [0, 0.1) is 6.92 Å². The lowest BCUT2D eigenvalue weighted by molar-refractivity contribution is 0.138. The van der Waals surface area contributed by atoms with Gasteiger partial charge in [0.05, 0.1) is 17.7 Å². The summed E-state index contributed by atoms with van der Waals surface area (Å²) < 4.78 is 0. The predicted octanol–water partition coefficient (Wildman–Crippen LogP) is 3.67. The van der Waals surface area contributed by atoms with Crippen molar-refractivity contribution in [2.45, 2.75) is 32.4 Å².